The molecule has 0 bridgehead atoms. The third-order valence-corrected chi connectivity index (χ3v) is 13.3. The van der Waals surface area contributed by atoms with Crippen LogP contribution in [0.1, 0.15) is 49.5 Å². The molecule has 296 valence electrons. The van der Waals surface area contributed by atoms with Crippen molar-refractivity contribution in [2.75, 3.05) is 42.5 Å². The first-order chi connectivity index (χ1) is 28.1. The molecule has 4 atom stereocenters. The highest BCUT2D eigenvalue weighted by Gasteiger charge is 2.53. The second kappa shape index (κ2) is 14.2. The quantitative estimate of drug-likeness (QED) is 0.168. The lowest BCUT2D eigenvalue weighted by Gasteiger charge is -2.61. The number of hydrogen-bond acceptors (Lipinski definition) is 12. The Morgan fingerprint density at radius 1 is 0.948 bits per heavy atom. The number of nitrogens with one attached hydrogen (secondary N) is 1. The van der Waals surface area contributed by atoms with E-state index in [9.17, 15) is 19.8 Å². The number of phenolic OH excluding ortho intramolecular Hbond substituents is 1. The van der Waals surface area contributed by atoms with E-state index in [1.807, 2.05) is 68.0 Å². The van der Waals surface area contributed by atoms with Crippen molar-refractivity contribution >= 4 is 45.6 Å². The number of likely N-dealkylation sites (tertiary alicyclic amines) is 1. The Labute approximate surface area is 339 Å². The van der Waals surface area contributed by atoms with Gasteiger partial charge in [-0.05, 0) is 74.1 Å². The molecule has 1 unspecified atom stereocenters. The first-order valence-electron chi connectivity index (χ1n) is 19.9. The first-order valence-corrected chi connectivity index (χ1v) is 20.8. The van der Waals surface area contributed by atoms with Crippen LogP contribution in [0.15, 0.2) is 84.5 Å². The zero-order valence-corrected chi connectivity index (χ0v) is 33.1. The second-order valence-electron chi connectivity index (χ2n) is 16.6. The van der Waals surface area contributed by atoms with Crippen molar-refractivity contribution in [2.24, 2.45) is 11.3 Å². The maximum absolute atomic E-state index is 14.3. The van der Waals surface area contributed by atoms with Crippen LogP contribution in [0.3, 0.4) is 0 Å². The predicted molar refractivity (Wildman–Crippen MR) is 220 cm³/mol. The van der Waals surface area contributed by atoms with E-state index in [0.29, 0.717) is 11.3 Å². The fraction of sp³-hybridized carbons (Fsp3) is 0.372. The molecular formula is C43H44N10O4S. The summed E-state index contributed by atoms with van der Waals surface area (Å²) in [5.74, 6) is 0.553. The first kappa shape index (κ1) is 36.4. The third kappa shape index (κ3) is 6.61. The molecule has 4 aliphatic rings. The van der Waals surface area contributed by atoms with Crippen LogP contribution in [0, 0.1) is 18.3 Å². The number of carbonyl (C=O) groups excluding carboxylic acids is 2. The minimum Gasteiger partial charge on any atom is -0.507 e. The molecule has 6 heterocycles. The number of fused-ring (bicyclic) bond motifs is 1. The number of thiazole rings is 1. The Kier molecular flexibility index (Phi) is 8.89. The third-order valence-electron chi connectivity index (χ3n) is 12.3. The molecule has 3 aliphatic heterocycles. The van der Waals surface area contributed by atoms with Gasteiger partial charge in [0.2, 0.25) is 11.8 Å². The molecule has 3 aromatic carbocycles. The molecule has 10 rings (SSSR count). The summed E-state index contributed by atoms with van der Waals surface area (Å²) in [5, 5.41) is 42.9. The van der Waals surface area contributed by atoms with Crippen molar-refractivity contribution in [2.45, 2.75) is 57.3 Å². The van der Waals surface area contributed by atoms with E-state index in [-0.39, 0.29) is 47.9 Å². The van der Waals surface area contributed by atoms with Crippen molar-refractivity contribution in [3.05, 3.63) is 95.8 Å². The normalized spacial score (nSPS) is 20.8. The lowest BCUT2D eigenvalue weighted by atomic mass is 9.72. The van der Waals surface area contributed by atoms with E-state index in [1.165, 1.54) is 0 Å². The lowest BCUT2D eigenvalue weighted by molar-refractivity contribution is -0.142. The van der Waals surface area contributed by atoms with Crippen molar-refractivity contribution < 1.29 is 19.8 Å². The molecule has 15 heteroatoms. The summed E-state index contributed by atoms with van der Waals surface area (Å²) in [6.07, 6.45) is 3.07. The van der Waals surface area contributed by atoms with Gasteiger partial charge in [0.1, 0.15) is 17.8 Å². The molecule has 2 amide bonds. The number of para-hydroxylation sites is 1. The number of hydrogen-bond donors (Lipinski definition) is 3. The zero-order valence-electron chi connectivity index (χ0n) is 32.3. The predicted octanol–water partition coefficient (Wildman–Crippen LogP) is 5.14. The fourth-order valence-electron chi connectivity index (χ4n) is 8.98. The average molecular weight is 797 g/mol. The SMILES string of the molecule is Cc1ncsc1-c1ccc([C@H](C)NC(=O)[C@@H]2C[C@@H](O)CN2C(=O)C(C2CC2)n2cc(N3CC4(CN(c5ccc6cc(-c7ccccc7O)nnc6c5)C4)C3)nn2)cc1. The van der Waals surface area contributed by atoms with Crippen molar-refractivity contribution in [1.82, 2.24) is 40.4 Å². The number of nitrogens with zero attached hydrogens (tertiary/aromatic N) is 9. The Hall–Kier alpha value is -5.93. The van der Waals surface area contributed by atoms with Crippen LogP contribution in [0.2, 0.25) is 0 Å². The van der Waals surface area contributed by atoms with Gasteiger partial charge in [-0.1, -0.05) is 47.7 Å². The van der Waals surface area contributed by atoms with E-state index in [0.717, 1.165) is 83.1 Å². The lowest BCUT2D eigenvalue weighted by Crippen LogP contribution is -2.72. The Morgan fingerprint density at radius 2 is 1.72 bits per heavy atom. The van der Waals surface area contributed by atoms with Gasteiger partial charge in [0.15, 0.2) is 5.82 Å². The van der Waals surface area contributed by atoms with Crippen molar-refractivity contribution in [3.8, 4) is 27.4 Å². The fourth-order valence-corrected chi connectivity index (χ4v) is 9.79. The van der Waals surface area contributed by atoms with Crippen LogP contribution in [0.5, 0.6) is 5.75 Å². The number of amides is 2. The maximum atomic E-state index is 14.3. The van der Waals surface area contributed by atoms with E-state index in [2.05, 4.69) is 58.8 Å². The Morgan fingerprint density at radius 3 is 2.47 bits per heavy atom. The topological polar surface area (TPSA) is 166 Å². The van der Waals surface area contributed by atoms with Crippen LogP contribution in [-0.2, 0) is 9.59 Å². The van der Waals surface area contributed by atoms with Gasteiger partial charge in [0.05, 0.1) is 45.6 Å². The molecule has 1 spiro atoms. The second-order valence-corrected chi connectivity index (χ2v) is 17.4. The molecule has 1 aliphatic carbocycles. The smallest absolute Gasteiger partial charge is 0.248 e. The summed E-state index contributed by atoms with van der Waals surface area (Å²) >= 11 is 1.60. The number of aromatic nitrogens is 6. The number of phenols is 1. The number of anilines is 2. The van der Waals surface area contributed by atoms with E-state index >= 15 is 0 Å². The van der Waals surface area contributed by atoms with Crippen LogP contribution < -0.4 is 15.1 Å². The molecular weight excluding hydrogens is 753 g/mol. The van der Waals surface area contributed by atoms with Gasteiger partial charge >= 0.3 is 0 Å². The van der Waals surface area contributed by atoms with Crippen molar-refractivity contribution in [3.63, 3.8) is 0 Å². The number of benzene rings is 3. The van der Waals surface area contributed by atoms with Gasteiger partial charge < -0.3 is 30.2 Å². The molecule has 58 heavy (non-hydrogen) atoms. The van der Waals surface area contributed by atoms with Crippen LogP contribution in [0.4, 0.5) is 11.5 Å². The van der Waals surface area contributed by atoms with Gasteiger partial charge in [-0.3, -0.25) is 9.59 Å². The monoisotopic (exact) mass is 796 g/mol. The van der Waals surface area contributed by atoms with Gasteiger partial charge in [-0.15, -0.1) is 26.6 Å². The maximum Gasteiger partial charge on any atom is 0.248 e. The summed E-state index contributed by atoms with van der Waals surface area (Å²) < 4.78 is 1.68. The summed E-state index contributed by atoms with van der Waals surface area (Å²) in [6.45, 7) is 7.53. The highest BCUT2D eigenvalue weighted by molar-refractivity contribution is 7.13. The number of aliphatic hydroxyl groups excluding tert-OH is 1. The largest absolute Gasteiger partial charge is 0.507 e. The molecule has 3 aromatic heterocycles. The summed E-state index contributed by atoms with van der Waals surface area (Å²) in [6, 6.07) is 21.8. The highest BCUT2D eigenvalue weighted by Crippen LogP contribution is 2.45. The average Bonchev–Trinajstić information content (AvgIpc) is 3.53. The summed E-state index contributed by atoms with van der Waals surface area (Å²) in [4.78, 5) is 39.6. The number of aliphatic hydroxyl groups is 1. The summed E-state index contributed by atoms with van der Waals surface area (Å²) in [5.41, 5.74) is 8.20. The van der Waals surface area contributed by atoms with Gasteiger partial charge in [-0.25, -0.2) is 9.67 Å². The number of aromatic hydroxyl groups is 1. The summed E-state index contributed by atoms with van der Waals surface area (Å²) in [7, 11) is 0. The Balaban J connectivity index is 0.765. The van der Waals surface area contributed by atoms with Crippen LogP contribution in [0.25, 0.3) is 32.6 Å². The number of rotatable bonds is 10. The van der Waals surface area contributed by atoms with Crippen molar-refractivity contribution in [1.29, 1.82) is 0 Å². The van der Waals surface area contributed by atoms with E-state index in [1.54, 1.807) is 33.1 Å². The standard InChI is InChI=1S/C43H44N10O4S/c1-25(27-7-11-29(12-8-27)40-26(2)44-24-58-40)45-41(56)36-17-32(54)18-52(36)42(57)39(28-9-10-28)53-19-38(48-49-53)51-22-43(23-51)20-50(21-43)31-14-13-30-15-35(47-46-34(30)16-31)33-5-3-4-6-37(33)55/h3-8,11-16,19,24-25,28,32,36,39,54-55H,9-10,17-18,20-23H2,1-2H3,(H,45,56)/t25-,32+,36-,39?/m0/s1. The van der Waals surface area contributed by atoms with E-state index in [4.69, 9.17) is 0 Å². The molecule has 3 saturated heterocycles. The molecule has 3 N–H and O–H groups in total. The Bertz CT molecular complexity index is 2520. The molecule has 4 fully saturated rings. The number of carbonyl (C=O) groups is 2. The zero-order chi connectivity index (χ0) is 39.7. The minimum absolute atomic E-state index is 0.104. The van der Waals surface area contributed by atoms with Gasteiger partial charge in [0, 0.05) is 61.2 Å². The number of β-amino-alcohol motifs (C(OH)–C–C–N with tert-alkyl or cyclic N) is 1. The van der Waals surface area contributed by atoms with E-state index < -0.39 is 18.2 Å². The van der Waals surface area contributed by atoms with Gasteiger partial charge in [0.25, 0.3) is 0 Å². The molecule has 14 nitrogen and oxygen atoms in total. The molecule has 0 radical (unpaired) electrons. The van der Waals surface area contributed by atoms with Crippen LogP contribution >= 0.6 is 11.3 Å². The minimum atomic E-state index is -0.784. The van der Waals surface area contributed by atoms with Crippen LogP contribution in [-0.4, -0.2) is 102 Å². The number of aryl methyl sites for hydroxylation is 1. The highest BCUT2D eigenvalue weighted by atomic mass is 32.1. The molecule has 6 aromatic rings. The van der Waals surface area contributed by atoms with Gasteiger partial charge in [-0.2, -0.15) is 0 Å². The molecule has 1 saturated carbocycles.